The zero-order valence-corrected chi connectivity index (χ0v) is 14.3. The fourth-order valence-electron chi connectivity index (χ4n) is 4.39. The summed E-state index contributed by atoms with van der Waals surface area (Å²) in [6.07, 6.45) is 12.6. The summed E-state index contributed by atoms with van der Waals surface area (Å²) >= 11 is 0. The number of nitrogens with zero attached hydrogens (tertiary/aromatic N) is 2. The Hall–Kier alpha value is -1.90. The van der Waals surface area contributed by atoms with E-state index < -0.39 is 0 Å². The van der Waals surface area contributed by atoms with Gasteiger partial charge in [0.15, 0.2) is 0 Å². The second kappa shape index (κ2) is 6.31. The van der Waals surface area contributed by atoms with Gasteiger partial charge in [0.25, 0.3) is 0 Å². The lowest BCUT2D eigenvalue weighted by Gasteiger charge is -2.33. The number of carbonyl (C=O) groups is 1. The van der Waals surface area contributed by atoms with Crippen molar-refractivity contribution in [2.45, 2.75) is 45.6 Å². The second-order valence-electron chi connectivity index (χ2n) is 7.28. The number of likely N-dealkylation sites (tertiary alicyclic amines) is 1. The van der Waals surface area contributed by atoms with Gasteiger partial charge in [-0.05, 0) is 43.0 Å². The number of aromatic nitrogens is 1. The minimum Gasteiger partial charge on any atom is -0.374 e. The Morgan fingerprint density at radius 2 is 2.09 bits per heavy atom. The van der Waals surface area contributed by atoms with E-state index in [0.29, 0.717) is 11.7 Å². The van der Waals surface area contributed by atoms with Crippen LogP contribution in [0.15, 0.2) is 48.3 Å². The summed E-state index contributed by atoms with van der Waals surface area (Å²) in [6.45, 7) is 4.69. The predicted octanol–water partition coefficient (Wildman–Crippen LogP) is 4.23. The molecular weight excluding hydrogens is 284 g/mol. The van der Waals surface area contributed by atoms with Crippen molar-refractivity contribution in [2.75, 3.05) is 7.05 Å². The van der Waals surface area contributed by atoms with Gasteiger partial charge < -0.3 is 4.90 Å². The highest BCUT2D eigenvalue weighted by atomic mass is 16.1. The average molecular weight is 310 g/mol. The lowest BCUT2D eigenvalue weighted by Crippen LogP contribution is -2.32. The molecular formula is C20H26N2O. The fraction of sp³-hybridized carbons (Fsp3) is 0.500. The molecule has 2 heterocycles. The molecule has 1 aromatic heterocycles. The third-order valence-corrected chi connectivity index (χ3v) is 5.61. The molecule has 0 amide bonds. The molecule has 1 aliphatic carbocycles. The van der Waals surface area contributed by atoms with E-state index in [1.165, 1.54) is 31.4 Å². The highest BCUT2D eigenvalue weighted by Gasteiger charge is 2.48. The van der Waals surface area contributed by atoms with Gasteiger partial charge in [-0.25, -0.2) is 0 Å². The molecule has 1 saturated carbocycles. The Kier molecular flexibility index (Phi) is 4.38. The van der Waals surface area contributed by atoms with Gasteiger partial charge in [0.2, 0.25) is 5.78 Å². The average Bonchev–Trinajstić information content (AvgIpc) is 2.76. The fourth-order valence-corrected chi connectivity index (χ4v) is 4.39. The maximum absolute atomic E-state index is 12.1. The summed E-state index contributed by atoms with van der Waals surface area (Å²) < 4.78 is 0. The Morgan fingerprint density at radius 3 is 2.78 bits per heavy atom. The molecule has 2 fully saturated rings. The predicted molar refractivity (Wildman–Crippen MR) is 93.1 cm³/mol. The van der Waals surface area contributed by atoms with Crippen LogP contribution in [0.4, 0.5) is 0 Å². The van der Waals surface area contributed by atoms with E-state index in [9.17, 15) is 4.79 Å². The number of fused-ring (bicyclic) bond motifs is 1. The summed E-state index contributed by atoms with van der Waals surface area (Å²) in [5.74, 6) is 0.686. The van der Waals surface area contributed by atoms with E-state index in [1.807, 2.05) is 18.2 Å². The number of hydrogen-bond donors (Lipinski definition) is 0. The molecule has 3 rings (SSSR count). The van der Waals surface area contributed by atoms with Gasteiger partial charge in [0.1, 0.15) is 5.69 Å². The van der Waals surface area contributed by atoms with Crippen molar-refractivity contribution in [3.63, 3.8) is 0 Å². The minimum atomic E-state index is -0.0432. The first-order valence-corrected chi connectivity index (χ1v) is 8.59. The van der Waals surface area contributed by atoms with Crippen molar-refractivity contribution in [3.8, 4) is 0 Å². The first-order chi connectivity index (χ1) is 11.0. The van der Waals surface area contributed by atoms with E-state index in [-0.39, 0.29) is 11.2 Å². The van der Waals surface area contributed by atoms with E-state index >= 15 is 0 Å². The van der Waals surface area contributed by atoms with E-state index in [0.717, 1.165) is 5.92 Å². The lowest BCUT2D eigenvalue weighted by molar-refractivity contribution is 0.104. The monoisotopic (exact) mass is 310 g/mol. The lowest BCUT2D eigenvalue weighted by atomic mass is 9.71. The summed E-state index contributed by atoms with van der Waals surface area (Å²) in [7, 11) is 2.21. The molecule has 1 aromatic rings. The number of carbonyl (C=O) groups excluding carboxylic acids is 1. The topological polar surface area (TPSA) is 33.2 Å². The second-order valence-corrected chi connectivity index (χ2v) is 7.28. The number of allylic oxidation sites excluding steroid dienone is 4. The maximum Gasteiger partial charge on any atom is 0.204 e. The normalized spacial score (nSPS) is 28.3. The smallest absolute Gasteiger partial charge is 0.204 e. The third kappa shape index (κ3) is 2.97. The summed E-state index contributed by atoms with van der Waals surface area (Å²) in [6, 6.07) is 6.07. The van der Waals surface area contributed by atoms with Crippen LogP contribution >= 0.6 is 0 Å². The molecule has 2 aliphatic rings. The first-order valence-electron chi connectivity index (χ1n) is 8.59. The Bertz CT molecular complexity index is 630. The minimum absolute atomic E-state index is 0.0432. The molecule has 122 valence electrons. The van der Waals surface area contributed by atoms with Gasteiger partial charge in [-0.15, -0.1) is 0 Å². The van der Waals surface area contributed by atoms with Gasteiger partial charge in [0.05, 0.1) is 0 Å². The van der Waals surface area contributed by atoms with Crippen molar-refractivity contribution in [1.29, 1.82) is 0 Å². The standard InChI is InChI=1S/C20H26N2O/c1-20(2)15-9-4-5-11-17(15)22(3)19(20)13-8-12-18(23)16-10-6-7-14-21-16/h6-8,10,12-15,17H,4-5,9,11H2,1-3H3/b12-8+,19-13-. The van der Waals surface area contributed by atoms with Crippen molar-refractivity contribution in [2.24, 2.45) is 11.3 Å². The molecule has 2 unspecified atom stereocenters. The SMILES string of the molecule is CN1/C(=C\C=C\C(=O)c2ccccn2)C(C)(C)C2CCCCC21. The van der Waals surface area contributed by atoms with E-state index in [2.05, 4.69) is 36.9 Å². The Labute approximate surface area is 139 Å². The molecule has 0 spiro atoms. The van der Waals surface area contributed by atoms with Crippen LogP contribution in [0.1, 0.15) is 50.0 Å². The van der Waals surface area contributed by atoms with Crippen LogP contribution in [0.3, 0.4) is 0 Å². The summed E-state index contributed by atoms with van der Waals surface area (Å²) in [5, 5.41) is 0. The Morgan fingerprint density at radius 1 is 1.30 bits per heavy atom. The molecule has 0 N–H and O–H groups in total. The summed E-state index contributed by atoms with van der Waals surface area (Å²) in [4.78, 5) is 18.7. The molecule has 2 atom stereocenters. The van der Waals surface area contributed by atoms with E-state index in [4.69, 9.17) is 0 Å². The van der Waals surface area contributed by atoms with Crippen LogP contribution in [0.2, 0.25) is 0 Å². The quantitative estimate of drug-likeness (QED) is 0.618. The van der Waals surface area contributed by atoms with E-state index in [1.54, 1.807) is 18.3 Å². The van der Waals surface area contributed by atoms with Gasteiger partial charge in [-0.2, -0.15) is 0 Å². The maximum atomic E-state index is 12.1. The highest BCUT2D eigenvalue weighted by Crippen LogP contribution is 2.52. The van der Waals surface area contributed by atoms with Crippen LogP contribution < -0.4 is 0 Å². The zero-order chi connectivity index (χ0) is 16.4. The zero-order valence-electron chi connectivity index (χ0n) is 14.3. The van der Waals surface area contributed by atoms with Crippen LogP contribution in [-0.4, -0.2) is 28.8 Å². The first kappa shape index (κ1) is 16.0. The van der Waals surface area contributed by atoms with Gasteiger partial charge in [0, 0.05) is 30.4 Å². The Balaban J connectivity index is 1.79. The molecule has 3 heteroatoms. The molecule has 0 aromatic carbocycles. The van der Waals surface area contributed by atoms with Crippen LogP contribution in [0, 0.1) is 11.3 Å². The molecule has 23 heavy (non-hydrogen) atoms. The van der Waals surface area contributed by atoms with Crippen molar-refractivity contribution < 1.29 is 4.79 Å². The number of pyridine rings is 1. The van der Waals surface area contributed by atoms with Gasteiger partial charge in [-0.3, -0.25) is 9.78 Å². The molecule has 1 aliphatic heterocycles. The van der Waals surface area contributed by atoms with Crippen LogP contribution in [0.5, 0.6) is 0 Å². The van der Waals surface area contributed by atoms with Crippen molar-refractivity contribution in [3.05, 3.63) is 54.0 Å². The number of hydrogen-bond acceptors (Lipinski definition) is 3. The van der Waals surface area contributed by atoms with Crippen LogP contribution in [-0.2, 0) is 0 Å². The molecule has 1 saturated heterocycles. The van der Waals surface area contributed by atoms with Crippen molar-refractivity contribution in [1.82, 2.24) is 9.88 Å². The molecule has 3 nitrogen and oxygen atoms in total. The van der Waals surface area contributed by atoms with Crippen LogP contribution in [0.25, 0.3) is 0 Å². The molecule has 0 bridgehead atoms. The van der Waals surface area contributed by atoms with Crippen molar-refractivity contribution >= 4 is 5.78 Å². The van der Waals surface area contributed by atoms with Gasteiger partial charge in [-0.1, -0.05) is 38.8 Å². The number of ketones is 1. The molecule has 0 radical (unpaired) electrons. The van der Waals surface area contributed by atoms with Gasteiger partial charge >= 0.3 is 0 Å². The largest absolute Gasteiger partial charge is 0.374 e. The summed E-state index contributed by atoms with van der Waals surface area (Å²) in [5.41, 5.74) is 2.02. The number of rotatable bonds is 3. The third-order valence-electron chi connectivity index (χ3n) is 5.61. The highest BCUT2D eigenvalue weighted by molar-refractivity contribution is 6.03.